The van der Waals surface area contributed by atoms with Gasteiger partial charge in [-0.15, -0.1) is 10.2 Å². The van der Waals surface area contributed by atoms with Gasteiger partial charge in [-0.2, -0.15) is 0 Å². The highest BCUT2D eigenvalue weighted by molar-refractivity contribution is 5.01. The molecule has 0 fully saturated rings. The van der Waals surface area contributed by atoms with Gasteiger partial charge in [-0.1, -0.05) is 13.8 Å². The van der Waals surface area contributed by atoms with Crippen LogP contribution in [0, 0.1) is 5.92 Å². The largest absolute Gasteiger partial charge is 0.388 e. The van der Waals surface area contributed by atoms with Crippen LogP contribution in [0.15, 0.2) is 0 Å². The third-order valence-electron chi connectivity index (χ3n) is 2.20. The summed E-state index contributed by atoms with van der Waals surface area (Å²) in [7, 11) is 0. The summed E-state index contributed by atoms with van der Waals surface area (Å²) >= 11 is 0. The highest BCUT2D eigenvalue weighted by atomic mass is 16.3. The molecule has 0 spiro atoms. The van der Waals surface area contributed by atoms with E-state index in [2.05, 4.69) is 44.8 Å². The summed E-state index contributed by atoms with van der Waals surface area (Å²) in [6.45, 7) is 10.5. The zero-order valence-electron chi connectivity index (χ0n) is 10.3. The third kappa shape index (κ3) is 2.78. The van der Waals surface area contributed by atoms with Crippen LogP contribution in [0.2, 0.25) is 0 Å². The predicted molar refractivity (Wildman–Crippen MR) is 59.5 cm³/mol. The lowest BCUT2D eigenvalue weighted by molar-refractivity contribution is 0.247. The van der Waals surface area contributed by atoms with Gasteiger partial charge in [0.15, 0.2) is 5.82 Å². The fraction of sp³-hybridized carbons (Fsp3) is 0.818. The molecule has 1 aromatic heterocycles. The van der Waals surface area contributed by atoms with Gasteiger partial charge in [0, 0.05) is 12.0 Å². The second-order valence-electron chi connectivity index (χ2n) is 5.29. The van der Waals surface area contributed by atoms with Crippen molar-refractivity contribution in [2.24, 2.45) is 5.92 Å². The summed E-state index contributed by atoms with van der Waals surface area (Å²) in [4.78, 5) is 0. The van der Waals surface area contributed by atoms with E-state index in [1.807, 2.05) is 4.57 Å². The van der Waals surface area contributed by atoms with Crippen LogP contribution in [0.25, 0.3) is 0 Å². The molecule has 4 nitrogen and oxygen atoms in total. The van der Waals surface area contributed by atoms with Gasteiger partial charge < -0.3 is 9.67 Å². The third-order valence-corrected chi connectivity index (χ3v) is 2.20. The van der Waals surface area contributed by atoms with Crippen LogP contribution in [0.1, 0.15) is 46.3 Å². The van der Waals surface area contributed by atoms with Gasteiger partial charge in [0.25, 0.3) is 0 Å². The molecule has 1 rings (SSSR count). The highest BCUT2D eigenvalue weighted by Gasteiger charge is 2.22. The molecule has 1 N–H and O–H groups in total. The summed E-state index contributed by atoms with van der Waals surface area (Å²) in [6.07, 6.45) is 0.893. The zero-order chi connectivity index (χ0) is 11.6. The molecule has 15 heavy (non-hydrogen) atoms. The fourth-order valence-electron chi connectivity index (χ4n) is 1.73. The van der Waals surface area contributed by atoms with E-state index in [1.54, 1.807) is 0 Å². The number of rotatable bonds is 3. The minimum Gasteiger partial charge on any atom is -0.388 e. The van der Waals surface area contributed by atoms with Gasteiger partial charge in [0.05, 0.1) is 0 Å². The molecule has 1 aromatic rings. The van der Waals surface area contributed by atoms with E-state index in [9.17, 15) is 5.11 Å². The lowest BCUT2D eigenvalue weighted by Crippen LogP contribution is -2.27. The monoisotopic (exact) mass is 211 g/mol. The summed E-state index contributed by atoms with van der Waals surface area (Å²) in [6, 6.07) is 0. The molecule has 0 bridgehead atoms. The maximum atomic E-state index is 9.21. The first-order valence-corrected chi connectivity index (χ1v) is 5.40. The Bertz CT molecular complexity index is 323. The minimum absolute atomic E-state index is 0.0532. The first kappa shape index (κ1) is 12.2. The van der Waals surface area contributed by atoms with Crippen LogP contribution in [-0.4, -0.2) is 19.9 Å². The van der Waals surface area contributed by atoms with Crippen LogP contribution in [0.5, 0.6) is 0 Å². The van der Waals surface area contributed by atoms with E-state index in [0.717, 1.165) is 12.2 Å². The maximum Gasteiger partial charge on any atom is 0.159 e. The summed E-state index contributed by atoms with van der Waals surface area (Å²) in [5.74, 6) is 2.15. The SMILES string of the molecule is CC(C)Cc1nnc(CO)n1C(C)(C)C. The zero-order valence-corrected chi connectivity index (χ0v) is 10.3. The Morgan fingerprint density at radius 3 is 2.13 bits per heavy atom. The molecule has 1 heterocycles. The number of aromatic nitrogens is 3. The topological polar surface area (TPSA) is 50.9 Å². The first-order chi connectivity index (χ1) is 6.86. The summed E-state index contributed by atoms with van der Waals surface area (Å²) < 4.78 is 2.03. The predicted octanol–water partition coefficient (Wildman–Crippen LogP) is 1.72. The Balaban J connectivity index is 3.12. The van der Waals surface area contributed by atoms with E-state index in [-0.39, 0.29) is 12.1 Å². The highest BCUT2D eigenvalue weighted by Crippen LogP contribution is 2.20. The molecule has 0 saturated heterocycles. The van der Waals surface area contributed by atoms with Crippen molar-refractivity contribution in [2.45, 2.75) is 53.2 Å². The molecule has 4 heteroatoms. The van der Waals surface area contributed by atoms with E-state index >= 15 is 0 Å². The van der Waals surface area contributed by atoms with Gasteiger partial charge in [0.2, 0.25) is 0 Å². The molecule has 0 aliphatic heterocycles. The van der Waals surface area contributed by atoms with E-state index in [0.29, 0.717) is 11.7 Å². The van der Waals surface area contributed by atoms with Crippen molar-refractivity contribution in [1.29, 1.82) is 0 Å². The van der Waals surface area contributed by atoms with Crippen molar-refractivity contribution in [1.82, 2.24) is 14.8 Å². The quantitative estimate of drug-likeness (QED) is 0.828. The summed E-state index contributed by atoms with van der Waals surface area (Å²) in [5, 5.41) is 17.4. The standard InChI is InChI=1S/C11H21N3O/c1-8(2)6-9-12-13-10(7-15)14(9)11(3,4)5/h8,15H,6-7H2,1-5H3. The lowest BCUT2D eigenvalue weighted by atomic mass is 10.1. The molecule has 0 saturated carbocycles. The van der Waals surface area contributed by atoms with Gasteiger partial charge in [-0.05, 0) is 26.7 Å². The molecule has 0 aromatic carbocycles. The second-order valence-corrected chi connectivity index (χ2v) is 5.29. The van der Waals surface area contributed by atoms with Crippen molar-refractivity contribution in [2.75, 3.05) is 0 Å². The van der Waals surface area contributed by atoms with E-state index < -0.39 is 0 Å². The molecule has 0 aliphatic carbocycles. The van der Waals surface area contributed by atoms with Crippen molar-refractivity contribution in [3.63, 3.8) is 0 Å². The number of aliphatic hydroxyl groups excluding tert-OH is 1. The van der Waals surface area contributed by atoms with Crippen LogP contribution in [0.3, 0.4) is 0 Å². The van der Waals surface area contributed by atoms with Gasteiger partial charge >= 0.3 is 0 Å². The Morgan fingerprint density at radius 2 is 1.73 bits per heavy atom. The molecule has 0 amide bonds. The van der Waals surface area contributed by atoms with Gasteiger partial charge in [-0.3, -0.25) is 0 Å². The lowest BCUT2D eigenvalue weighted by Gasteiger charge is -2.25. The minimum atomic E-state index is -0.0776. The Kier molecular flexibility index (Phi) is 3.50. The molecule has 0 aliphatic rings. The van der Waals surface area contributed by atoms with E-state index in [1.165, 1.54) is 0 Å². The van der Waals surface area contributed by atoms with Gasteiger partial charge in [0.1, 0.15) is 12.4 Å². The maximum absolute atomic E-state index is 9.21. The van der Waals surface area contributed by atoms with Crippen LogP contribution in [0.4, 0.5) is 0 Å². The first-order valence-electron chi connectivity index (χ1n) is 5.40. The number of nitrogens with zero attached hydrogens (tertiary/aromatic N) is 3. The Hall–Kier alpha value is -0.900. The van der Waals surface area contributed by atoms with Crippen LogP contribution >= 0.6 is 0 Å². The normalized spacial score (nSPS) is 12.5. The molecular weight excluding hydrogens is 190 g/mol. The van der Waals surface area contributed by atoms with Crippen molar-refractivity contribution in [3.8, 4) is 0 Å². The molecule has 86 valence electrons. The summed E-state index contributed by atoms with van der Waals surface area (Å²) in [5.41, 5.74) is -0.0776. The van der Waals surface area contributed by atoms with Crippen molar-refractivity contribution in [3.05, 3.63) is 11.6 Å². The van der Waals surface area contributed by atoms with Crippen molar-refractivity contribution >= 4 is 0 Å². The number of aliphatic hydroxyl groups is 1. The van der Waals surface area contributed by atoms with Crippen LogP contribution in [-0.2, 0) is 18.6 Å². The average molecular weight is 211 g/mol. The van der Waals surface area contributed by atoms with Gasteiger partial charge in [-0.25, -0.2) is 0 Å². The smallest absolute Gasteiger partial charge is 0.159 e. The number of hydrogen-bond acceptors (Lipinski definition) is 3. The van der Waals surface area contributed by atoms with E-state index in [4.69, 9.17) is 0 Å². The fourth-order valence-corrected chi connectivity index (χ4v) is 1.73. The Morgan fingerprint density at radius 1 is 1.20 bits per heavy atom. The molecule has 0 atom stereocenters. The van der Waals surface area contributed by atoms with Crippen molar-refractivity contribution < 1.29 is 5.11 Å². The number of hydrogen-bond donors (Lipinski definition) is 1. The molecular formula is C11H21N3O. The Labute approximate surface area is 91.3 Å². The average Bonchev–Trinajstić information content (AvgIpc) is 2.45. The van der Waals surface area contributed by atoms with Crippen LogP contribution < -0.4 is 0 Å². The molecule has 0 radical (unpaired) electrons. The molecule has 0 unspecified atom stereocenters. The second kappa shape index (κ2) is 4.31.